The van der Waals surface area contributed by atoms with Gasteiger partial charge in [0.2, 0.25) is 0 Å². The SMILES string of the molecule is CC1(Cl)C(Cl)(Cl)C1(Cl)Cl. The molecule has 0 amide bonds. The fourth-order valence-electron chi connectivity index (χ4n) is 0.512. The van der Waals surface area contributed by atoms with E-state index in [2.05, 4.69) is 0 Å². The normalized spacial score (nSPS) is 34.0. The molecule has 1 rings (SSSR count). The first-order valence-electron chi connectivity index (χ1n) is 2.19. The summed E-state index contributed by atoms with van der Waals surface area (Å²) in [6.45, 7) is 1.59. The molecular weight excluding hydrogens is 225 g/mol. The third-order valence-corrected chi connectivity index (χ3v) is 5.50. The van der Waals surface area contributed by atoms with Crippen LogP contribution in [0.2, 0.25) is 0 Å². The van der Waals surface area contributed by atoms with Crippen molar-refractivity contribution in [1.82, 2.24) is 0 Å². The van der Waals surface area contributed by atoms with Gasteiger partial charge in [-0.3, -0.25) is 0 Å². The Bertz CT molecular complexity index is 107. The van der Waals surface area contributed by atoms with E-state index in [0.717, 1.165) is 0 Å². The predicted octanol–water partition coefficient (Wildman–Crippen LogP) is 3.35. The van der Waals surface area contributed by atoms with Crippen LogP contribution in [0.5, 0.6) is 0 Å². The zero-order valence-corrected chi connectivity index (χ0v) is 8.17. The van der Waals surface area contributed by atoms with Crippen LogP contribution in [0.1, 0.15) is 6.92 Å². The first-order valence-corrected chi connectivity index (χ1v) is 4.08. The highest BCUT2D eigenvalue weighted by molar-refractivity contribution is 6.75. The van der Waals surface area contributed by atoms with Gasteiger partial charge in [0.1, 0.15) is 4.87 Å². The number of rotatable bonds is 0. The van der Waals surface area contributed by atoms with Gasteiger partial charge in [0.15, 0.2) is 8.67 Å². The zero-order chi connectivity index (χ0) is 7.50. The molecule has 54 valence electrons. The van der Waals surface area contributed by atoms with Gasteiger partial charge in [-0.05, 0) is 6.92 Å². The quantitative estimate of drug-likeness (QED) is 0.558. The standard InChI is InChI=1S/C4H3Cl5/c1-2(5)3(6,7)4(2,8)9/h1H3. The number of alkyl halides is 5. The van der Waals surface area contributed by atoms with Gasteiger partial charge in [0, 0.05) is 0 Å². The Balaban J connectivity index is 2.91. The molecule has 0 unspecified atom stereocenters. The first-order chi connectivity index (χ1) is 3.75. The molecule has 0 spiro atoms. The molecule has 0 nitrogen and oxygen atoms in total. The van der Waals surface area contributed by atoms with Crippen LogP contribution in [0.3, 0.4) is 0 Å². The molecule has 0 heterocycles. The average molecular weight is 228 g/mol. The Kier molecular flexibility index (Phi) is 1.69. The van der Waals surface area contributed by atoms with Gasteiger partial charge >= 0.3 is 0 Å². The summed E-state index contributed by atoms with van der Waals surface area (Å²) in [7, 11) is 0. The molecule has 0 atom stereocenters. The van der Waals surface area contributed by atoms with Crippen LogP contribution < -0.4 is 0 Å². The minimum absolute atomic E-state index is 0.924. The third-order valence-electron chi connectivity index (χ3n) is 1.51. The van der Waals surface area contributed by atoms with Crippen LogP contribution >= 0.6 is 58.0 Å². The second-order valence-corrected chi connectivity index (χ2v) is 5.56. The van der Waals surface area contributed by atoms with E-state index < -0.39 is 13.5 Å². The summed E-state index contributed by atoms with van der Waals surface area (Å²) in [5.74, 6) is 0. The van der Waals surface area contributed by atoms with E-state index in [0.29, 0.717) is 0 Å². The van der Waals surface area contributed by atoms with Crippen molar-refractivity contribution in [1.29, 1.82) is 0 Å². The molecule has 0 aromatic heterocycles. The van der Waals surface area contributed by atoms with Crippen LogP contribution in [-0.2, 0) is 0 Å². The highest BCUT2D eigenvalue weighted by atomic mass is 35.5. The van der Waals surface area contributed by atoms with E-state index in [1.165, 1.54) is 0 Å². The number of hydrogen-bond donors (Lipinski definition) is 0. The molecule has 1 saturated carbocycles. The second-order valence-electron chi connectivity index (χ2n) is 2.15. The third kappa shape index (κ3) is 0.750. The van der Waals surface area contributed by atoms with Gasteiger partial charge in [0.25, 0.3) is 0 Å². The summed E-state index contributed by atoms with van der Waals surface area (Å²) in [5, 5.41) is 0. The van der Waals surface area contributed by atoms with Gasteiger partial charge in [-0.15, -0.1) is 11.6 Å². The highest BCUT2D eigenvalue weighted by Crippen LogP contribution is 2.74. The van der Waals surface area contributed by atoms with E-state index in [-0.39, 0.29) is 0 Å². The lowest BCUT2D eigenvalue weighted by Gasteiger charge is -1.94. The van der Waals surface area contributed by atoms with Crippen LogP contribution in [0.25, 0.3) is 0 Å². The van der Waals surface area contributed by atoms with Crippen molar-refractivity contribution >= 4 is 58.0 Å². The van der Waals surface area contributed by atoms with E-state index >= 15 is 0 Å². The Morgan fingerprint density at radius 3 is 0.889 bits per heavy atom. The van der Waals surface area contributed by atoms with E-state index in [1.54, 1.807) is 6.92 Å². The summed E-state index contributed by atoms with van der Waals surface area (Å²) >= 11 is 28.1. The lowest BCUT2D eigenvalue weighted by Crippen LogP contribution is -2.01. The van der Waals surface area contributed by atoms with Gasteiger partial charge in [-0.1, -0.05) is 46.4 Å². The largest absolute Gasteiger partial charge is 0.174 e. The van der Waals surface area contributed by atoms with E-state index in [9.17, 15) is 0 Å². The molecule has 9 heavy (non-hydrogen) atoms. The summed E-state index contributed by atoms with van der Waals surface area (Å²) in [5.41, 5.74) is 0. The molecule has 0 N–H and O–H groups in total. The molecular formula is C4H3Cl5. The Hall–Kier alpha value is 1.45. The maximum absolute atomic E-state index is 5.70. The fraction of sp³-hybridized carbons (Fsp3) is 1.00. The maximum Gasteiger partial charge on any atom is 0.174 e. The van der Waals surface area contributed by atoms with Gasteiger partial charge in [0.05, 0.1) is 0 Å². The number of halogens is 5. The molecule has 0 aliphatic heterocycles. The average Bonchev–Trinajstić information content (AvgIpc) is 1.84. The van der Waals surface area contributed by atoms with Crippen molar-refractivity contribution in [3.05, 3.63) is 0 Å². The Labute approximate surface area is 78.3 Å². The first kappa shape index (κ1) is 8.55. The summed E-state index contributed by atoms with van der Waals surface area (Å²) in [6.07, 6.45) is 0. The molecule has 5 heteroatoms. The van der Waals surface area contributed by atoms with Gasteiger partial charge in [-0.2, -0.15) is 0 Å². The van der Waals surface area contributed by atoms with Crippen molar-refractivity contribution in [2.75, 3.05) is 0 Å². The van der Waals surface area contributed by atoms with Crippen molar-refractivity contribution in [2.24, 2.45) is 0 Å². The molecule has 0 aromatic rings. The highest BCUT2D eigenvalue weighted by Gasteiger charge is 2.84. The minimum atomic E-state index is -1.22. The molecule has 0 radical (unpaired) electrons. The lowest BCUT2D eigenvalue weighted by molar-refractivity contribution is 0.999. The topological polar surface area (TPSA) is 0 Å². The monoisotopic (exact) mass is 226 g/mol. The Morgan fingerprint density at radius 1 is 0.778 bits per heavy atom. The summed E-state index contributed by atoms with van der Waals surface area (Å²) < 4.78 is -2.44. The van der Waals surface area contributed by atoms with Crippen molar-refractivity contribution < 1.29 is 0 Å². The predicted molar refractivity (Wildman–Crippen MR) is 43.1 cm³/mol. The van der Waals surface area contributed by atoms with E-state index in [4.69, 9.17) is 58.0 Å². The Morgan fingerprint density at radius 2 is 0.889 bits per heavy atom. The smallest absolute Gasteiger partial charge is 0.113 e. The van der Waals surface area contributed by atoms with Crippen LogP contribution in [0, 0.1) is 0 Å². The van der Waals surface area contributed by atoms with Crippen LogP contribution in [0.4, 0.5) is 0 Å². The maximum atomic E-state index is 5.70. The van der Waals surface area contributed by atoms with E-state index in [1.807, 2.05) is 0 Å². The van der Waals surface area contributed by atoms with Crippen molar-refractivity contribution in [2.45, 2.75) is 20.5 Å². The minimum Gasteiger partial charge on any atom is -0.113 e. The zero-order valence-electron chi connectivity index (χ0n) is 4.39. The number of hydrogen-bond acceptors (Lipinski definition) is 0. The van der Waals surface area contributed by atoms with Gasteiger partial charge < -0.3 is 0 Å². The summed E-state index contributed by atoms with van der Waals surface area (Å²) in [4.78, 5) is -0.924. The van der Waals surface area contributed by atoms with Gasteiger partial charge in [-0.25, -0.2) is 0 Å². The lowest BCUT2D eigenvalue weighted by atomic mass is 10.5. The summed E-state index contributed by atoms with van der Waals surface area (Å²) in [6, 6.07) is 0. The molecule has 1 aliphatic rings. The molecule has 0 aromatic carbocycles. The molecule has 0 saturated heterocycles. The van der Waals surface area contributed by atoms with Crippen LogP contribution in [-0.4, -0.2) is 13.5 Å². The fourth-order valence-corrected chi connectivity index (χ4v) is 2.27. The molecule has 1 aliphatic carbocycles. The van der Waals surface area contributed by atoms with Crippen molar-refractivity contribution in [3.8, 4) is 0 Å². The van der Waals surface area contributed by atoms with Crippen LogP contribution in [0.15, 0.2) is 0 Å². The molecule has 1 fully saturated rings. The second kappa shape index (κ2) is 1.78. The molecule has 0 bridgehead atoms. The van der Waals surface area contributed by atoms with Crippen molar-refractivity contribution in [3.63, 3.8) is 0 Å².